The van der Waals surface area contributed by atoms with Gasteiger partial charge in [-0.25, -0.2) is 4.94 Å². The van der Waals surface area contributed by atoms with Crippen molar-refractivity contribution in [3.63, 3.8) is 0 Å². The molecule has 4 nitrogen and oxygen atoms in total. The SMILES string of the molecule is CCC1=NON=C=N1. The number of amidine groups is 1. The summed E-state index contributed by atoms with van der Waals surface area (Å²) in [5, 5.41) is 6.64. The molecule has 0 saturated heterocycles. The van der Waals surface area contributed by atoms with E-state index >= 15 is 0 Å². The topological polar surface area (TPSA) is 46.3 Å². The molecular weight excluding hydrogens is 106 g/mol. The van der Waals surface area contributed by atoms with E-state index in [2.05, 4.69) is 26.3 Å². The van der Waals surface area contributed by atoms with Crippen molar-refractivity contribution in [3.8, 4) is 0 Å². The monoisotopic (exact) mass is 111 g/mol. The minimum absolute atomic E-state index is 0.625. The third-order valence-corrected chi connectivity index (χ3v) is 0.723. The van der Waals surface area contributed by atoms with Crippen LogP contribution in [0.15, 0.2) is 15.3 Å². The van der Waals surface area contributed by atoms with Crippen molar-refractivity contribution in [1.29, 1.82) is 0 Å². The van der Waals surface area contributed by atoms with Crippen LogP contribution in [0.3, 0.4) is 0 Å². The number of hydrogen-bond acceptors (Lipinski definition) is 4. The third kappa shape index (κ3) is 0.918. The summed E-state index contributed by atoms with van der Waals surface area (Å²) in [7, 11) is 0. The first kappa shape index (κ1) is 5.00. The van der Waals surface area contributed by atoms with Crippen molar-refractivity contribution in [2.24, 2.45) is 15.3 Å². The van der Waals surface area contributed by atoms with Crippen LogP contribution in [0.4, 0.5) is 0 Å². The van der Waals surface area contributed by atoms with Gasteiger partial charge in [0.1, 0.15) is 6.01 Å². The van der Waals surface area contributed by atoms with Crippen LogP contribution >= 0.6 is 0 Å². The van der Waals surface area contributed by atoms with E-state index in [1.807, 2.05) is 6.92 Å². The average Bonchev–Trinajstić information content (AvgIpc) is 1.90. The maximum absolute atomic E-state index is 4.28. The van der Waals surface area contributed by atoms with E-state index in [1.165, 1.54) is 0 Å². The van der Waals surface area contributed by atoms with Crippen LogP contribution in [-0.4, -0.2) is 11.8 Å². The summed E-state index contributed by atoms with van der Waals surface area (Å²) in [5.41, 5.74) is 0. The second-order valence-corrected chi connectivity index (χ2v) is 1.25. The molecule has 1 heterocycles. The van der Waals surface area contributed by atoms with E-state index in [1.54, 1.807) is 0 Å². The van der Waals surface area contributed by atoms with Gasteiger partial charge in [-0.15, -0.1) is 0 Å². The lowest BCUT2D eigenvalue weighted by Gasteiger charge is -1.91. The van der Waals surface area contributed by atoms with E-state index in [-0.39, 0.29) is 0 Å². The van der Waals surface area contributed by atoms with E-state index in [4.69, 9.17) is 0 Å². The maximum Gasteiger partial charge on any atom is 0.182 e. The molecule has 0 aromatic rings. The smallest absolute Gasteiger partial charge is 0.182 e. The van der Waals surface area contributed by atoms with Crippen LogP contribution in [-0.2, 0) is 4.94 Å². The van der Waals surface area contributed by atoms with Crippen LogP contribution in [0.1, 0.15) is 13.3 Å². The van der Waals surface area contributed by atoms with Crippen LogP contribution in [0.25, 0.3) is 0 Å². The molecule has 42 valence electrons. The van der Waals surface area contributed by atoms with Gasteiger partial charge in [0, 0.05) is 11.6 Å². The lowest BCUT2D eigenvalue weighted by Crippen LogP contribution is -1.93. The van der Waals surface area contributed by atoms with Crippen molar-refractivity contribution in [1.82, 2.24) is 0 Å². The molecule has 0 atom stereocenters. The van der Waals surface area contributed by atoms with Gasteiger partial charge in [-0.3, -0.25) is 0 Å². The Morgan fingerprint density at radius 1 is 1.75 bits per heavy atom. The summed E-state index contributed by atoms with van der Waals surface area (Å²) in [6.07, 6.45) is 0.753. The van der Waals surface area contributed by atoms with Crippen molar-refractivity contribution in [2.45, 2.75) is 13.3 Å². The van der Waals surface area contributed by atoms with Crippen LogP contribution in [0.2, 0.25) is 0 Å². The Bertz CT molecular complexity index is 166. The minimum Gasteiger partial charge on any atom is -0.232 e. The molecule has 0 unspecified atom stereocenters. The fourth-order valence-corrected chi connectivity index (χ4v) is 0.328. The molecule has 0 fully saturated rings. The molecule has 0 amide bonds. The van der Waals surface area contributed by atoms with Crippen molar-refractivity contribution < 1.29 is 4.94 Å². The molecule has 0 aromatic carbocycles. The van der Waals surface area contributed by atoms with Gasteiger partial charge in [0.05, 0.1) is 0 Å². The van der Waals surface area contributed by atoms with E-state index in [0.29, 0.717) is 5.84 Å². The predicted octanol–water partition coefficient (Wildman–Crippen LogP) is 0.829. The summed E-state index contributed by atoms with van der Waals surface area (Å²) < 4.78 is 0. The molecule has 0 N–H and O–H groups in total. The Balaban J connectivity index is 2.68. The van der Waals surface area contributed by atoms with Gasteiger partial charge in [0.25, 0.3) is 0 Å². The Kier molecular flexibility index (Phi) is 1.39. The number of nitrogens with zero attached hydrogens (tertiary/aromatic N) is 3. The lowest BCUT2D eigenvalue weighted by molar-refractivity contribution is 0.154. The van der Waals surface area contributed by atoms with Crippen molar-refractivity contribution >= 4 is 11.8 Å². The zero-order chi connectivity index (χ0) is 5.82. The van der Waals surface area contributed by atoms with Gasteiger partial charge in [-0.1, -0.05) is 6.92 Å². The predicted molar refractivity (Wildman–Crippen MR) is 28.7 cm³/mol. The van der Waals surface area contributed by atoms with E-state index in [9.17, 15) is 0 Å². The summed E-state index contributed by atoms with van der Waals surface area (Å²) in [4.78, 5) is 7.94. The average molecular weight is 111 g/mol. The molecule has 0 radical (unpaired) electrons. The summed E-state index contributed by atoms with van der Waals surface area (Å²) in [6, 6.07) is 2.28. The molecule has 0 aromatic heterocycles. The Hall–Kier alpha value is -1.15. The number of rotatable bonds is 1. The molecule has 0 bridgehead atoms. The molecule has 1 aliphatic rings. The molecule has 8 heavy (non-hydrogen) atoms. The zero-order valence-corrected chi connectivity index (χ0v) is 4.46. The fourth-order valence-electron chi connectivity index (χ4n) is 0.328. The maximum atomic E-state index is 4.28. The first-order chi connectivity index (χ1) is 3.93. The first-order valence-electron chi connectivity index (χ1n) is 2.32. The fraction of sp³-hybridized carbons (Fsp3) is 0.500. The van der Waals surface area contributed by atoms with E-state index < -0.39 is 0 Å². The Morgan fingerprint density at radius 2 is 2.62 bits per heavy atom. The molecule has 4 heteroatoms. The highest BCUT2D eigenvalue weighted by molar-refractivity contribution is 5.87. The van der Waals surface area contributed by atoms with E-state index in [0.717, 1.165) is 6.42 Å². The molecule has 0 spiro atoms. The summed E-state index contributed by atoms with van der Waals surface area (Å²) in [6.45, 7) is 1.93. The Labute approximate surface area is 46.5 Å². The highest BCUT2D eigenvalue weighted by Crippen LogP contribution is 1.91. The second-order valence-electron chi connectivity index (χ2n) is 1.25. The van der Waals surface area contributed by atoms with Gasteiger partial charge in [0.2, 0.25) is 0 Å². The molecule has 0 saturated carbocycles. The van der Waals surface area contributed by atoms with Gasteiger partial charge in [0.15, 0.2) is 5.84 Å². The molecule has 0 aliphatic carbocycles. The van der Waals surface area contributed by atoms with Crippen molar-refractivity contribution in [3.05, 3.63) is 0 Å². The minimum atomic E-state index is 0.625. The van der Waals surface area contributed by atoms with Gasteiger partial charge >= 0.3 is 0 Å². The number of hydrogen-bond donors (Lipinski definition) is 0. The normalized spacial score (nSPS) is 15.4. The molecular formula is C4H5N3O. The number of aliphatic imine (C=N–C) groups is 1. The second kappa shape index (κ2) is 2.23. The van der Waals surface area contributed by atoms with Gasteiger partial charge < -0.3 is 0 Å². The van der Waals surface area contributed by atoms with Crippen LogP contribution in [0.5, 0.6) is 0 Å². The summed E-state index contributed by atoms with van der Waals surface area (Å²) >= 11 is 0. The quantitative estimate of drug-likeness (QED) is 0.494. The standard InChI is InChI=1S/C4H5N3O/c1-2-4-5-3-6-8-7-4/h2H2,1H3. The first-order valence-corrected chi connectivity index (χ1v) is 2.32. The Morgan fingerprint density at radius 3 is 3.00 bits per heavy atom. The zero-order valence-electron chi connectivity index (χ0n) is 4.46. The van der Waals surface area contributed by atoms with Crippen LogP contribution < -0.4 is 0 Å². The largest absolute Gasteiger partial charge is 0.232 e. The highest BCUT2D eigenvalue weighted by Gasteiger charge is 1.93. The summed E-state index contributed by atoms with van der Waals surface area (Å²) in [5.74, 6) is 0.625. The molecule has 1 aliphatic heterocycles. The highest BCUT2D eigenvalue weighted by atomic mass is 16.8. The van der Waals surface area contributed by atoms with Crippen molar-refractivity contribution in [2.75, 3.05) is 0 Å². The van der Waals surface area contributed by atoms with Gasteiger partial charge in [-0.2, -0.15) is 4.99 Å². The van der Waals surface area contributed by atoms with Gasteiger partial charge in [-0.05, 0) is 5.16 Å². The lowest BCUT2D eigenvalue weighted by atomic mass is 10.5. The molecule has 1 rings (SSSR count). The third-order valence-electron chi connectivity index (χ3n) is 0.723. The number of oxime groups is 1. The van der Waals surface area contributed by atoms with Crippen LogP contribution in [0, 0.1) is 0 Å².